The number of fused-ring (bicyclic) bond motifs is 1. The Morgan fingerprint density at radius 3 is 2.57 bits per heavy atom. The Hall–Kier alpha value is -3.27. The van der Waals surface area contributed by atoms with Crippen molar-refractivity contribution in [3.63, 3.8) is 0 Å². The fourth-order valence-electron chi connectivity index (χ4n) is 3.23. The molecule has 0 fully saturated rings. The second-order valence-corrected chi connectivity index (χ2v) is 6.78. The van der Waals surface area contributed by atoms with Crippen molar-refractivity contribution in [2.45, 2.75) is 20.3 Å². The molecule has 0 saturated carbocycles. The van der Waals surface area contributed by atoms with E-state index in [-0.39, 0.29) is 0 Å². The summed E-state index contributed by atoms with van der Waals surface area (Å²) in [7, 11) is 0. The van der Waals surface area contributed by atoms with Gasteiger partial charge in [0, 0.05) is 12.0 Å². The quantitative estimate of drug-likeness (QED) is 0.462. The minimum Gasteiger partial charge on any atom is -0.490 e. The van der Waals surface area contributed by atoms with Gasteiger partial charge in [-0.1, -0.05) is 36.4 Å². The van der Waals surface area contributed by atoms with E-state index in [4.69, 9.17) is 14.5 Å². The van der Waals surface area contributed by atoms with E-state index in [0.29, 0.717) is 13.2 Å². The number of imidazole rings is 1. The van der Waals surface area contributed by atoms with Crippen LogP contribution in [-0.2, 0) is 6.42 Å². The molecule has 0 aliphatic heterocycles. The summed E-state index contributed by atoms with van der Waals surface area (Å²) in [4.78, 5) is 8.10. The average molecular weight is 372 g/mol. The van der Waals surface area contributed by atoms with Gasteiger partial charge in [0.15, 0.2) is 11.5 Å². The van der Waals surface area contributed by atoms with Gasteiger partial charge in [0.25, 0.3) is 0 Å². The van der Waals surface area contributed by atoms with Crippen LogP contribution < -0.4 is 9.47 Å². The second kappa shape index (κ2) is 8.17. The predicted octanol–water partition coefficient (Wildman–Crippen LogP) is 5.56. The number of nitrogens with zero attached hydrogens (tertiary/aromatic N) is 1. The van der Waals surface area contributed by atoms with Crippen molar-refractivity contribution < 1.29 is 9.47 Å². The number of hydrogen-bond donors (Lipinski definition) is 1. The highest BCUT2D eigenvalue weighted by Crippen LogP contribution is 2.33. The maximum absolute atomic E-state index is 6.00. The van der Waals surface area contributed by atoms with Crippen LogP contribution in [-0.4, -0.2) is 23.2 Å². The van der Waals surface area contributed by atoms with Crippen LogP contribution in [0, 0.1) is 6.92 Å². The molecule has 1 heterocycles. The van der Waals surface area contributed by atoms with Gasteiger partial charge in [-0.25, -0.2) is 4.98 Å². The summed E-state index contributed by atoms with van der Waals surface area (Å²) in [5, 5.41) is 0. The first-order chi connectivity index (χ1) is 13.7. The SMILES string of the molecule is CCOc1cc(-c2nc3ccc(C)cc3[nH]2)ccc1OCCc1ccccc1. The lowest BCUT2D eigenvalue weighted by molar-refractivity contribution is 0.279. The number of nitrogens with one attached hydrogen (secondary N) is 1. The first kappa shape index (κ1) is 18.1. The lowest BCUT2D eigenvalue weighted by Gasteiger charge is -2.13. The van der Waals surface area contributed by atoms with Crippen molar-refractivity contribution in [2.24, 2.45) is 0 Å². The average Bonchev–Trinajstić information content (AvgIpc) is 3.13. The zero-order valence-electron chi connectivity index (χ0n) is 16.2. The molecule has 0 atom stereocenters. The van der Waals surface area contributed by atoms with Crippen LogP contribution >= 0.6 is 0 Å². The first-order valence-corrected chi connectivity index (χ1v) is 9.63. The summed E-state index contributed by atoms with van der Waals surface area (Å²) in [6.45, 7) is 5.24. The minimum atomic E-state index is 0.581. The fourth-order valence-corrected chi connectivity index (χ4v) is 3.23. The second-order valence-electron chi connectivity index (χ2n) is 6.78. The van der Waals surface area contributed by atoms with Crippen molar-refractivity contribution in [3.8, 4) is 22.9 Å². The highest BCUT2D eigenvalue weighted by molar-refractivity contribution is 5.80. The van der Waals surface area contributed by atoms with Gasteiger partial charge in [-0.15, -0.1) is 0 Å². The van der Waals surface area contributed by atoms with Crippen molar-refractivity contribution in [1.29, 1.82) is 0 Å². The van der Waals surface area contributed by atoms with E-state index in [1.165, 1.54) is 11.1 Å². The van der Waals surface area contributed by atoms with Crippen LogP contribution in [0.25, 0.3) is 22.4 Å². The van der Waals surface area contributed by atoms with E-state index in [1.807, 2.05) is 49.4 Å². The Balaban J connectivity index is 1.55. The number of H-pyrrole nitrogens is 1. The molecule has 4 aromatic rings. The van der Waals surface area contributed by atoms with Gasteiger partial charge in [0.2, 0.25) is 0 Å². The third-order valence-electron chi connectivity index (χ3n) is 4.65. The smallest absolute Gasteiger partial charge is 0.161 e. The molecule has 0 spiro atoms. The maximum Gasteiger partial charge on any atom is 0.161 e. The number of aromatic amines is 1. The van der Waals surface area contributed by atoms with Gasteiger partial charge >= 0.3 is 0 Å². The number of aromatic nitrogens is 2. The van der Waals surface area contributed by atoms with Crippen LogP contribution in [0.15, 0.2) is 66.7 Å². The van der Waals surface area contributed by atoms with E-state index in [2.05, 4.69) is 36.2 Å². The standard InChI is InChI=1S/C24H24N2O2/c1-3-27-23-16-19(24-25-20-11-9-17(2)15-21(20)26-24)10-12-22(23)28-14-13-18-7-5-4-6-8-18/h4-12,15-16H,3,13-14H2,1-2H3,(H,25,26). The Kier molecular flexibility index (Phi) is 5.29. The minimum absolute atomic E-state index is 0.581. The third kappa shape index (κ3) is 4.01. The van der Waals surface area contributed by atoms with Crippen LogP contribution in [0.1, 0.15) is 18.1 Å². The third-order valence-corrected chi connectivity index (χ3v) is 4.65. The van der Waals surface area contributed by atoms with Crippen LogP contribution in [0.5, 0.6) is 11.5 Å². The normalized spacial score (nSPS) is 10.9. The lowest BCUT2D eigenvalue weighted by Crippen LogP contribution is -2.03. The molecule has 4 nitrogen and oxygen atoms in total. The molecule has 0 aliphatic rings. The lowest BCUT2D eigenvalue weighted by atomic mass is 10.1. The molecule has 0 saturated heterocycles. The van der Waals surface area contributed by atoms with Crippen LogP contribution in [0.3, 0.4) is 0 Å². The largest absolute Gasteiger partial charge is 0.490 e. The summed E-state index contributed by atoms with van der Waals surface area (Å²) in [6.07, 6.45) is 0.858. The van der Waals surface area contributed by atoms with Crippen LogP contribution in [0.2, 0.25) is 0 Å². The zero-order chi connectivity index (χ0) is 19.3. The maximum atomic E-state index is 6.00. The van der Waals surface area contributed by atoms with Gasteiger partial charge in [-0.2, -0.15) is 0 Å². The molecular formula is C24H24N2O2. The number of ether oxygens (including phenoxy) is 2. The summed E-state index contributed by atoms with van der Waals surface area (Å²) >= 11 is 0. The summed E-state index contributed by atoms with van der Waals surface area (Å²) < 4.78 is 11.8. The highest BCUT2D eigenvalue weighted by atomic mass is 16.5. The van der Waals surface area contributed by atoms with Gasteiger partial charge in [0.05, 0.1) is 24.2 Å². The van der Waals surface area contributed by atoms with Crippen molar-refractivity contribution in [3.05, 3.63) is 77.9 Å². The molecule has 1 aromatic heterocycles. The Morgan fingerprint density at radius 2 is 1.75 bits per heavy atom. The Bertz CT molecular complexity index is 1070. The summed E-state index contributed by atoms with van der Waals surface area (Å²) in [5.41, 5.74) is 5.44. The van der Waals surface area contributed by atoms with Gasteiger partial charge in [-0.05, 0) is 55.3 Å². The van der Waals surface area contributed by atoms with Crippen molar-refractivity contribution in [2.75, 3.05) is 13.2 Å². The monoisotopic (exact) mass is 372 g/mol. The number of rotatable bonds is 7. The van der Waals surface area contributed by atoms with Crippen molar-refractivity contribution >= 4 is 11.0 Å². The number of aryl methyl sites for hydroxylation is 1. The molecule has 3 aromatic carbocycles. The molecule has 0 bridgehead atoms. The fraction of sp³-hybridized carbons (Fsp3) is 0.208. The van der Waals surface area contributed by atoms with Crippen molar-refractivity contribution in [1.82, 2.24) is 9.97 Å². The van der Waals surface area contributed by atoms with Gasteiger partial charge < -0.3 is 14.5 Å². The number of hydrogen-bond acceptors (Lipinski definition) is 3. The molecule has 0 amide bonds. The van der Waals surface area contributed by atoms with Crippen LogP contribution in [0.4, 0.5) is 0 Å². The molecule has 0 aliphatic carbocycles. The molecule has 4 rings (SSSR count). The topological polar surface area (TPSA) is 47.1 Å². The zero-order valence-corrected chi connectivity index (χ0v) is 16.2. The van der Waals surface area contributed by atoms with E-state index in [9.17, 15) is 0 Å². The van der Waals surface area contributed by atoms with E-state index in [1.54, 1.807) is 0 Å². The van der Waals surface area contributed by atoms with Gasteiger partial charge in [-0.3, -0.25) is 0 Å². The Morgan fingerprint density at radius 1 is 0.893 bits per heavy atom. The molecular weight excluding hydrogens is 348 g/mol. The van der Waals surface area contributed by atoms with E-state index < -0.39 is 0 Å². The highest BCUT2D eigenvalue weighted by Gasteiger charge is 2.11. The molecule has 142 valence electrons. The van der Waals surface area contributed by atoms with Gasteiger partial charge in [0.1, 0.15) is 5.82 Å². The van der Waals surface area contributed by atoms with E-state index >= 15 is 0 Å². The molecule has 28 heavy (non-hydrogen) atoms. The molecule has 0 radical (unpaired) electrons. The molecule has 0 unspecified atom stereocenters. The summed E-state index contributed by atoms with van der Waals surface area (Å²) in [6, 6.07) is 22.5. The molecule has 4 heteroatoms. The first-order valence-electron chi connectivity index (χ1n) is 9.63. The summed E-state index contributed by atoms with van der Waals surface area (Å²) in [5.74, 6) is 2.33. The Labute approximate surface area is 165 Å². The predicted molar refractivity (Wildman–Crippen MR) is 113 cm³/mol. The number of benzene rings is 3. The van der Waals surface area contributed by atoms with E-state index in [0.717, 1.165) is 40.3 Å². The molecule has 1 N–H and O–H groups in total.